The van der Waals surface area contributed by atoms with Crippen LogP contribution in [0, 0.1) is 22.9 Å². The van der Waals surface area contributed by atoms with E-state index in [4.69, 9.17) is 15.3 Å². The number of nitrogens with zero attached hydrogens (tertiary/aromatic N) is 2. The van der Waals surface area contributed by atoms with Gasteiger partial charge < -0.3 is 0 Å². The average molecular weight is 217 g/mol. The molecule has 0 aliphatic carbocycles. The predicted octanol–water partition coefficient (Wildman–Crippen LogP) is 1.55. The second-order valence-corrected chi connectivity index (χ2v) is 8.62. The molecule has 5 heteroatoms. The maximum absolute atomic E-state index is 7.48. The van der Waals surface area contributed by atoms with Gasteiger partial charge in [0.2, 0.25) is 0 Å². The number of hydrogen-bond donors (Lipinski definition) is 1. The van der Waals surface area contributed by atoms with Gasteiger partial charge in [-0.25, -0.2) is 5.32 Å². The van der Waals surface area contributed by atoms with Crippen LogP contribution in [0.3, 0.4) is 0 Å². The Morgan fingerprint density at radius 2 is 1.64 bits per heavy atom. The van der Waals surface area contributed by atoms with Crippen LogP contribution in [0.25, 0.3) is 0 Å². The van der Waals surface area contributed by atoms with E-state index in [1.165, 1.54) is 24.7 Å². The summed E-state index contributed by atoms with van der Waals surface area (Å²) in [5, 5.41) is 16.7. The molecule has 0 radical (unpaired) electrons. The monoisotopic (exact) mass is 217 g/mol. The molecule has 82 valence electrons. The molecule has 0 spiro atoms. The van der Waals surface area contributed by atoms with Gasteiger partial charge in [0.15, 0.2) is 12.4 Å². The summed E-state index contributed by atoms with van der Waals surface area (Å²) in [5.74, 6) is 0. The first-order chi connectivity index (χ1) is 6.60. The summed E-state index contributed by atoms with van der Waals surface area (Å²) >= 11 is 0. The first-order valence-corrected chi connectivity index (χ1v) is 7.74. The second kappa shape index (κ2) is 10.3. The Kier molecular flexibility index (Phi) is 11.4. The van der Waals surface area contributed by atoms with E-state index in [9.17, 15) is 0 Å². The van der Waals surface area contributed by atoms with Gasteiger partial charge in [-0.2, -0.15) is 10.5 Å². The van der Waals surface area contributed by atoms with Crippen molar-refractivity contribution in [3.8, 4) is 12.4 Å². The van der Waals surface area contributed by atoms with Gasteiger partial charge in [-0.3, -0.25) is 0 Å². The third-order valence-corrected chi connectivity index (χ3v) is 6.71. The van der Waals surface area contributed by atoms with Crippen molar-refractivity contribution >= 4 is 7.26 Å². The SMILES string of the molecule is CC[PH](C)(CC)COC.N#CNC#N. The van der Waals surface area contributed by atoms with Crippen molar-refractivity contribution in [1.29, 1.82) is 10.5 Å². The number of hydrogen-bond acceptors (Lipinski definition) is 4. The van der Waals surface area contributed by atoms with Gasteiger partial charge in [-0.1, -0.05) is 0 Å². The Balaban J connectivity index is 0. The molecule has 0 aromatic carbocycles. The molecular formula is C9H20N3OP. The van der Waals surface area contributed by atoms with Gasteiger partial charge in [0.25, 0.3) is 0 Å². The third-order valence-electron chi connectivity index (χ3n) is 2.31. The van der Waals surface area contributed by atoms with Crippen LogP contribution in [-0.2, 0) is 4.74 Å². The number of rotatable bonds is 4. The maximum atomic E-state index is 7.48. The molecule has 0 aliphatic rings. The van der Waals surface area contributed by atoms with Crippen LogP contribution in [0.5, 0.6) is 0 Å². The second-order valence-electron chi connectivity index (χ2n) is 3.30. The molecule has 0 fully saturated rings. The molecule has 0 aliphatic heterocycles. The number of methoxy groups -OCH3 is 1. The van der Waals surface area contributed by atoms with E-state index in [0.717, 1.165) is 6.35 Å². The van der Waals surface area contributed by atoms with Gasteiger partial charge in [0.1, 0.15) is 0 Å². The molecule has 0 atom stereocenters. The van der Waals surface area contributed by atoms with Crippen molar-refractivity contribution in [2.75, 3.05) is 32.4 Å². The Labute approximate surface area is 87.2 Å². The van der Waals surface area contributed by atoms with Crippen LogP contribution in [0.4, 0.5) is 0 Å². The van der Waals surface area contributed by atoms with E-state index in [1.807, 2.05) is 0 Å². The summed E-state index contributed by atoms with van der Waals surface area (Å²) in [7, 11) is 0.883. The molecule has 0 amide bonds. The Bertz CT molecular complexity index is 191. The Morgan fingerprint density at radius 3 is 1.71 bits per heavy atom. The molecule has 1 N–H and O–H groups in total. The smallest absolute Gasteiger partial charge is 0.190 e. The van der Waals surface area contributed by atoms with Crippen molar-refractivity contribution in [3.63, 3.8) is 0 Å². The van der Waals surface area contributed by atoms with Crippen molar-refractivity contribution in [2.24, 2.45) is 0 Å². The molecular weight excluding hydrogens is 197 g/mol. The average Bonchev–Trinajstić information content (AvgIpc) is 2.20. The van der Waals surface area contributed by atoms with Crippen molar-refractivity contribution in [3.05, 3.63) is 0 Å². The van der Waals surface area contributed by atoms with E-state index in [2.05, 4.69) is 20.5 Å². The van der Waals surface area contributed by atoms with Crippen LogP contribution in [0.15, 0.2) is 0 Å². The first-order valence-electron chi connectivity index (χ1n) is 4.62. The maximum Gasteiger partial charge on any atom is 0.190 e. The molecule has 0 heterocycles. The largest absolute Gasteiger partial charge is 0.229 e. The minimum absolute atomic E-state index is 0.920. The Morgan fingerprint density at radius 1 is 1.21 bits per heavy atom. The summed E-state index contributed by atoms with van der Waals surface area (Å²) in [6, 6.07) is 0. The van der Waals surface area contributed by atoms with Gasteiger partial charge in [0, 0.05) is 0 Å². The van der Waals surface area contributed by atoms with Crippen molar-refractivity contribution in [1.82, 2.24) is 5.32 Å². The zero-order valence-corrected chi connectivity index (χ0v) is 10.4. The molecule has 0 aromatic heterocycles. The van der Waals surface area contributed by atoms with E-state index >= 15 is 0 Å². The quantitative estimate of drug-likeness (QED) is 0.440. The molecule has 0 aromatic rings. The van der Waals surface area contributed by atoms with Crippen LogP contribution in [0.1, 0.15) is 13.8 Å². The zero-order valence-electron chi connectivity index (χ0n) is 9.42. The molecule has 0 unspecified atom stereocenters. The molecule has 4 nitrogen and oxygen atoms in total. The van der Waals surface area contributed by atoms with Crippen molar-refractivity contribution in [2.45, 2.75) is 13.8 Å². The summed E-state index contributed by atoms with van der Waals surface area (Å²) in [6.07, 6.45) is 6.53. The van der Waals surface area contributed by atoms with E-state index in [1.54, 1.807) is 12.4 Å². The van der Waals surface area contributed by atoms with Gasteiger partial charge in [-0.15, -0.1) is 0 Å². The predicted molar refractivity (Wildman–Crippen MR) is 61.6 cm³/mol. The zero-order chi connectivity index (χ0) is 11.4. The minimum Gasteiger partial charge on any atom is -0.229 e. The van der Waals surface area contributed by atoms with Crippen LogP contribution in [0.2, 0.25) is 0 Å². The normalized spacial score (nSPS) is 10.1. The van der Waals surface area contributed by atoms with Gasteiger partial charge in [0.05, 0.1) is 0 Å². The molecule has 14 heavy (non-hydrogen) atoms. The molecule has 0 saturated carbocycles. The summed E-state index contributed by atoms with van der Waals surface area (Å²) in [6.45, 7) is 6.94. The summed E-state index contributed by atoms with van der Waals surface area (Å²) in [5.41, 5.74) is 0. The van der Waals surface area contributed by atoms with Gasteiger partial charge >= 0.3 is 58.3 Å². The van der Waals surface area contributed by atoms with E-state index < -0.39 is 7.26 Å². The van der Waals surface area contributed by atoms with Crippen LogP contribution >= 0.6 is 7.26 Å². The molecule has 0 saturated heterocycles. The number of ether oxygens (including phenoxy) is 1. The number of nitrogens with one attached hydrogen (secondary N) is 1. The summed E-state index contributed by atoms with van der Waals surface area (Å²) < 4.78 is 5.15. The van der Waals surface area contributed by atoms with E-state index in [-0.39, 0.29) is 0 Å². The van der Waals surface area contributed by atoms with Gasteiger partial charge in [-0.05, 0) is 0 Å². The standard InChI is InChI=1S/C7H19OP.C2HN3/c1-5-9(4,6-2)7-8-3;3-1-5-2-4/h9H,5-7H2,1-4H3;5H. The fraction of sp³-hybridized carbons (Fsp3) is 0.778. The fourth-order valence-corrected chi connectivity index (χ4v) is 2.43. The topological polar surface area (TPSA) is 68.8 Å². The molecule has 0 rings (SSSR count). The van der Waals surface area contributed by atoms with Crippen LogP contribution < -0.4 is 5.32 Å². The third kappa shape index (κ3) is 9.26. The Hall–Kier alpha value is -0.830. The first kappa shape index (κ1) is 15.6. The van der Waals surface area contributed by atoms with E-state index in [0.29, 0.717) is 0 Å². The minimum atomic E-state index is -0.920. The van der Waals surface area contributed by atoms with Crippen LogP contribution in [-0.4, -0.2) is 32.4 Å². The summed E-state index contributed by atoms with van der Waals surface area (Å²) in [4.78, 5) is 0. The van der Waals surface area contributed by atoms with Crippen molar-refractivity contribution < 1.29 is 4.74 Å². The fourth-order valence-electron chi connectivity index (χ4n) is 0.828. The molecule has 0 bridgehead atoms. The number of nitriles is 2.